The number of ether oxygens (including phenoxy) is 1. The molecule has 0 N–H and O–H groups in total. The van der Waals surface area contributed by atoms with Crippen LogP contribution in [0.15, 0.2) is 48.5 Å². The molecular formula is C20H28NO+. The lowest BCUT2D eigenvalue weighted by atomic mass is 9.96. The first-order valence-corrected chi connectivity index (χ1v) is 8.07. The molecule has 0 saturated heterocycles. The molecule has 2 rings (SSSR count). The van der Waals surface area contributed by atoms with Gasteiger partial charge in [0, 0.05) is 0 Å². The van der Waals surface area contributed by atoms with Crippen LogP contribution < -0.4 is 0 Å². The Hall–Kier alpha value is -1.64. The molecule has 0 radical (unpaired) electrons. The van der Waals surface area contributed by atoms with Gasteiger partial charge in [-0.15, -0.1) is 0 Å². The number of benzene rings is 2. The second-order valence-corrected chi connectivity index (χ2v) is 6.50. The lowest BCUT2D eigenvalue weighted by Crippen LogP contribution is -2.41. The summed E-state index contributed by atoms with van der Waals surface area (Å²) in [5.74, 6) is 0. The van der Waals surface area contributed by atoms with Gasteiger partial charge in [0.1, 0.15) is 6.54 Å². The molecule has 0 fully saturated rings. The third-order valence-corrected chi connectivity index (χ3v) is 4.41. The number of hydrogen-bond acceptors (Lipinski definition) is 1. The molecule has 0 unspecified atom stereocenters. The van der Waals surface area contributed by atoms with Crippen molar-refractivity contribution in [2.24, 2.45) is 0 Å². The summed E-state index contributed by atoms with van der Waals surface area (Å²) in [5.41, 5.74) is 5.15. The van der Waals surface area contributed by atoms with Crippen molar-refractivity contribution in [3.05, 3.63) is 59.7 Å². The summed E-state index contributed by atoms with van der Waals surface area (Å²) in [4.78, 5) is 0. The van der Waals surface area contributed by atoms with Crippen LogP contribution in [0.1, 0.15) is 18.1 Å². The monoisotopic (exact) mass is 298 g/mol. The van der Waals surface area contributed by atoms with E-state index in [-0.39, 0.29) is 0 Å². The highest BCUT2D eigenvalue weighted by Crippen LogP contribution is 2.27. The Morgan fingerprint density at radius 1 is 0.909 bits per heavy atom. The predicted octanol–water partition coefficient (Wildman–Crippen LogP) is 4.27. The first-order chi connectivity index (χ1) is 10.5. The van der Waals surface area contributed by atoms with Crippen LogP contribution in [-0.2, 0) is 11.3 Å². The number of hydrogen-bond donors (Lipinski definition) is 0. The van der Waals surface area contributed by atoms with Gasteiger partial charge >= 0.3 is 0 Å². The summed E-state index contributed by atoms with van der Waals surface area (Å²) in [6.45, 7) is 8.02. The number of quaternary nitrogens is 1. The van der Waals surface area contributed by atoms with Crippen LogP contribution in [0.3, 0.4) is 0 Å². The fraction of sp³-hybridized carbons (Fsp3) is 0.400. The summed E-state index contributed by atoms with van der Waals surface area (Å²) < 4.78 is 6.94. The Kier molecular flexibility index (Phi) is 5.76. The third kappa shape index (κ3) is 4.43. The molecule has 0 saturated carbocycles. The minimum absolute atomic E-state index is 0.675. The molecule has 0 aliphatic carbocycles. The van der Waals surface area contributed by atoms with Crippen molar-refractivity contribution < 1.29 is 9.22 Å². The summed E-state index contributed by atoms with van der Waals surface area (Å²) in [6, 6.07) is 17.1. The van der Waals surface area contributed by atoms with Gasteiger partial charge in [-0.25, -0.2) is 0 Å². The van der Waals surface area contributed by atoms with Gasteiger partial charge in [-0.05, 0) is 36.1 Å². The Labute approximate surface area is 134 Å². The van der Waals surface area contributed by atoms with Gasteiger partial charge < -0.3 is 9.22 Å². The number of rotatable bonds is 7. The second kappa shape index (κ2) is 7.57. The van der Waals surface area contributed by atoms with Crippen molar-refractivity contribution in [1.29, 1.82) is 0 Å². The lowest BCUT2D eigenvalue weighted by Gasteiger charge is -2.27. The van der Waals surface area contributed by atoms with E-state index in [0.29, 0.717) is 6.61 Å². The first-order valence-electron chi connectivity index (χ1n) is 8.07. The molecule has 0 spiro atoms. The highest BCUT2D eigenvalue weighted by Gasteiger charge is 2.12. The summed E-state index contributed by atoms with van der Waals surface area (Å²) >= 11 is 0. The van der Waals surface area contributed by atoms with Gasteiger partial charge in [-0.1, -0.05) is 48.5 Å². The van der Waals surface area contributed by atoms with Crippen molar-refractivity contribution in [3.8, 4) is 11.1 Å². The molecule has 2 nitrogen and oxygen atoms in total. The van der Waals surface area contributed by atoms with Crippen molar-refractivity contribution in [1.82, 2.24) is 0 Å². The van der Waals surface area contributed by atoms with E-state index in [1.165, 1.54) is 22.3 Å². The van der Waals surface area contributed by atoms with E-state index < -0.39 is 0 Å². The van der Waals surface area contributed by atoms with E-state index in [0.717, 1.165) is 24.2 Å². The molecule has 22 heavy (non-hydrogen) atoms. The zero-order valence-corrected chi connectivity index (χ0v) is 14.3. The zero-order chi connectivity index (χ0) is 16.0. The maximum absolute atomic E-state index is 5.94. The molecule has 0 aliphatic heterocycles. The SMILES string of the molecule is CC[N+](C)(C)CCOCc1ccccc1-c1ccccc1C. The fourth-order valence-electron chi connectivity index (χ4n) is 2.44. The molecule has 0 heterocycles. The normalized spacial score (nSPS) is 11.6. The van der Waals surface area contributed by atoms with Crippen molar-refractivity contribution in [3.63, 3.8) is 0 Å². The third-order valence-electron chi connectivity index (χ3n) is 4.41. The quantitative estimate of drug-likeness (QED) is 0.548. The maximum Gasteiger partial charge on any atom is 0.102 e. The van der Waals surface area contributed by atoms with Gasteiger partial charge in [0.05, 0.1) is 33.9 Å². The van der Waals surface area contributed by atoms with Crippen molar-refractivity contribution in [2.45, 2.75) is 20.5 Å². The van der Waals surface area contributed by atoms with Gasteiger partial charge in [0.2, 0.25) is 0 Å². The second-order valence-electron chi connectivity index (χ2n) is 6.50. The van der Waals surface area contributed by atoms with Crippen LogP contribution >= 0.6 is 0 Å². The van der Waals surface area contributed by atoms with E-state index in [2.05, 4.69) is 76.5 Å². The average Bonchev–Trinajstić information content (AvgIpc) is 2.53. The molecule has 2 aromatic rings. The van der Waals surface area contributed by atoms with E-state index >= 15 is 0 Å². The first kappa shape index (κ1) is 16.7. The van der Waals surface area contributed by atoms with Gasteiger partial charge in [0.25, 0.3) is 0 Å². The van der Waals surface area contributed by atoms with Gasteiger partial charge in [0.15, 0.2) is 0 Å². The minimum atomic E-state index is 0.675. The Bertz CT molecular complexity index is 604. The van der Waals surface area contributed by atoms with Crippen molar-refractivity contribution >= 4 is 0 Å². The molecule has 0 aliphatic rings. The molecule has 0 bridgehead atoms. The molecular weight excluding hydrogens is 270 g/mol. The minimum Gasteiger partial charge on any atom is -0.371 e. The van der Waals surface area contributed by atoms with Gasteiger partial charge in [-0.2, -0.15) is 0 Å². The molecule has 0 atom stereocenters. The molecule has 118 valence electrons. The Morgan fingerprint density at radius 2 is 1.55 bits per heavy atom. The molecule has 2 heteroatoms. The lowest BCUT2D eigenvalue weighted by molar-refractivity contribution is -0.888. The maximum atomic E-state index is 5.94. The molecule has 2 aromatic carbocycles. The van der Waals surface area contributed by atoms with E-state index in [1.807, 2.05) is 0 Å². The Morgan fingerprint density at radius 3 is 2.23 bits per heavy atom. The van der Waals surface area contributed by atoms with Gasteiger partial charge in [-0.3, -0.25) is 0 Å². The summed E-state index contributed by atoms with van der Waals surface area (Å²) in [7, 11) is 4.48. The highest BCUT2D eigenvalue weighted by molar-refractivity contribution is 5.70. The largest absolute Gasteiger partial charge is 0.371 e. The van der Waals surface area contributed by atoms with Crippen LogP contribution in [0.2, 0.25) is 0 Å². The van der Waals surface area contributed by atoms with Crippen LogP contribution in [0.25, 0.3) is 11.1 Å². The van der Waals surface area contributed by atoms with Crippen LogP contribution in [0.4, 0.5) is 0 Å². The number of likely N-dealkylation sites (N-methyl/N-ethyl adjacent to an activating group) is 1. The number of aryl methyl sites for hydroxylation is 1. The fourth-order valence-corrected chi connectivity index (χ4v) is 2.44. The van der Waals surface area contributed by atoms with Crippen LogP contribution in [0.5, 0.6) is 0 Å². The summed E-state index contributed by atoms with van der Waals surface area (Å²) in [6.07, 6.45) is 0. The highest BCUT2D eigenvalue weighted by atomic mass is 16.5. The predicted molar refractivity (Wildman–Crippen MR) is 93.8 cm³/mol. The standard InChI is InChI=1S/C20H28NO/c1-5-21(3,4)14-15-22-16-18-11-7-9-13-20(18)19-12-8-6-10-17(19)2/h6-13H,5,14-16H2,1-4H3/q+1. The zero-order valence-electron chi connectivity index (χ0n) is 14.3. The average molecular weight is 298 g/mol. The number of nitrogens with zero attached hydrogens (tertiary/aromatic N) is 1. The smallest absolute Gasteiger partial charge is 0.102 e. The molecule has 0 amide bonds. The summed E-state index contributed by atoms with van der Waals surface area (Å²) in [5, 5.41) is 0. The van der Waals surface area contributed by atoms with E-state index in [4.69, 9.17) is 4.74 Å². The van der Waals surface area contributed by atoms with E-state index in [1.54, 1.807) is 0 Å². The van der Waals surface area contributed by atoms with Crippen molar-refractivity contribution in [2.75, 3.05) is 33.8 Å². The van der Waals surface area contributed by atoms with Crippen LogP contribution in [-0.4, -0.2) is 38.3 Å². The Balaban J connectivity index is 2.05. The topological polar surface area (TPSA) is 9.23 Å². The van der Waals surface area contributed by atoms with Crippen LogP contribution in [0, 0.1) is 6.92 Å². The molecule has 0 aromatic heterocycles. The van der Waals surface area contributed by atoms with E-state index in [9.17, 15) is 0 Å².